The molecule has 0 aromatic heterocycles. The third-order valence-electron chi connectivity index (χ3n) is 3.76. The summed E-state index contributed by atoms with van der Waals surface area (Å²) in [5.41, 5.74) is 2.48. The first-order chi connectivity index (χ1) is 10.5. The van der Waals surface area contributed by atoms with Gasteiger partial charge in [-0.15, -0.1) is 0 Å². The van der Waals surface area contributed by atoms with Crippen LogP contribution in [0.3, 0.4) is 0 Å². The van der Waals surface area contributed by atoms with Gasteiger partial charge in [0.05, 0.1) is 12.3 Å². The molecule has 22 heavy (non-hydrogen) atoms. The van der Waals surface area contributed by atoms with Crippen LogP contribution in [-0.4, -0.2) is 54.8 Å². The van der Waals surface area contributed by atoms with Crippen molar-refractivity contribution in [2.24, 2.45) is 11.0 Å². The summed E-state index contributed by atoms with van der Waals surface area (Å²) in [7, 11) is 4.19. The fourth-order valence-electron chi connectivity index (χ4n) is 2.87. The van der Waals surface area contributed by atoms with Crippen LogP contribution in [0.15, 0.2) is 29.4 Å². The largest absolute Gasteiger partial charge is 0.491 e. The minimum absolute atomic E-state index is 0.200. The van der Waals surface area contributed by atoms with Gasteiger partial charge < -0.3 is 9.64 Å². The summed E-state index contributed by atoms with van der Waals surface area (Å²) >= 11 is 0. The maximum absolute atomic E-state index is 5.72. The molecule has 0 spiro atoms. The van der Waals surface area contributed by atoms with Crippen molar-refractivity contribution in [1.82, 2.24) is 4.90 Å². The highest BCUT2D eigenvalue weighted by Gasteiger charge is 2.31. The number of hydrazone groups is 1. The first-order valence-corrected chi connectivity index (χ1v) is 8.11. The number of rotatable bonds is 7. The molecule has 4 nitrogen and oxygen atoms in total. The summed E-state index contributed by atoms with van der Waals surface area (Å²) in [5, 5.41) is 4.47. The Morgan fingerprint density at radius 3 is 2.55 bits per heavy atom. The van der Waals surface area contributed by atoms with E-state index in [1.807, 2.05) is 37.7 Å². The summed E-state index contributed by atoms with van der Waals surface area (Å²) < 4.78 is 7.71. The molecule has 0 aliphatic carbocycles. The van der Waals surface area contributed by atoms with Crippen molar-refractivity contribution >= 4 is 11.9 Å². The molecule has 1 unspecified atom stereocenters. The van der Waals surface area contributed by atoms with E-state index in [1.54, 1.807) is 0 Å². The van der Waals surface area contributed by atoms with Crippen LogP contribution in [0.5, 0.6) is 5.75 Å². The van der Waals surface area contributed by atoms with Crippen molar-refractivity contribution in [2.75, 3.05) is 27.2 Å². The van der Waals surface area contributed by atoms with Crippen LogP contribution < -0.4 is 4.74 Å². The van der Waals surface area contributed by atoms with E-state index in [2.05, 4.69) is 42.3 Å². The van der Waals surface area contributed by atoms with Crippen molar-refractivity contribution in [2.45, 2.75) is 33.3 Å². The lowest BCUT2D eigenvalue weighted by Gasteiger charge is -2.18. The second-order valence-electron chi connectivity index (χ2n) is 6.23. The molecule has 0 N–H and O–H groups in total. The average molecular weight is 302 g/mol. The second-order valence-corrected chi connectivity index (χ2v) is 6.23. The zero-order chi connectivity index (χ0) is 16.1. The van der Waals surface area contributed by atoms with Crippen LogP contribution >= 0.6 is 0 Å². The molecule has 1 aromatic rings. The predicted octanol–water partition coefficient (Wildman–Crippen LogP) is 2.86. The van der Waals surface area contributed by atoms with Gasteiger partial charge in [0, 0.05) is 12.1 Å². The van der Waals surface area contributed by atoms with Crippen LogP contribution in [0.25, 0.3) is 0 Å². The third-order valence-corrected chi connectivity index (χ3v) is 3.76. The van der Waals surface area contributed by atoms with Gasteiger partial charge in [0.25, 0.3) is 0 Å². The Morgan fingerprint density at radius 1 is 1.27 bits per heavy atom. The molecule has 0 saturated carbocycles. The van der Waals surface area contributed by atoms with Gasteiger partial charge in [0.2, 0.25) is 5.71 Å². The highest BCUT2D eigenvalue weighted by molar-refractivity contribution is 6.08. The molecule has 0 amide bonds. The molecule has 0 saturated heterocycles. The lowest BCUT2D eigenvalue weighted by molar-refractivity contribution is -0.499. The summed E-state index contributed by atoms with van der Waals surface area (Å²) in [6.07, 6.45) is 3.43. The molecule has 4 heteroatoms. The molecule has 0 radical (unpaired) electrons. The number of hydrogen-bond donors (Lipinski definition) is 0. The van der Waals surface area contributed by atoms with Crippen molar-refractivity contribution in [3.63, 3.8) is 0 Å². The molecule has 1 aliphatic rings. The van der Waals surface area contributed by atoms with Crippen LogP contribution in [0.4, 0.5) is 0 Å². The summed E-state index contributed by atoms with van der Waals surface area (Å²) in [6.45, 7) is 8.41. The Balaban J connectivity index is 2.13. The van der Waals surface area contributed by atoms with Gasteiger partial charge in [-0.1, -0.05) is 11.6 Å². The molecule has 0 fully saturated rings. The molecule has 120 valence electrons. The maximum Gasteiger partial charge on any atom is 0.225 e. The molecular formula is C18H28N3O+. The second kappa shape index (κ2) is 7.54. The Bertz CT molecular complexity index is 546. The van der Waals surface area contributed by atoms with Gasteiger partial charge in [-0.05, 0) is 63.2 Å². The van der Waals surface area contributed by atoms with Crippen molar-refractivity contribution in [3.05, 3.63) is 29.8 Å². The van der Waals surface area contributed by atoms with E-state index in [9.17, 15) is 0 Å². The fourth-order valence-corrected chi connectivity index (χ4v) is 2.87. The minimum Gasteiger partial charge on any atom is -0.491 e. The van der Waals surface area contributed by atoms with Crippen molar-refractivity contribution in [1.29, 1.82) is 0 Å². The van der Waals surface area contributed by atoms with E-state index in [0.29, 0.717) is 5.92 Å². The Morgan fingerprint density at radius 2 is 1.95 bits per heavy atom. The van der Waals surface area contributed by atoms with Crippen LogP contribution in [0.1, 0.15) is 32.8 Å². The highest BCUT2D eigenvalue weighted by Crippen LogP contribution is 2.19. The van der Waals surface area contributed by atoms with Gasteiger partial charge in [-0.3, -0.25) is 0 Å². The monoisotopic (exact) mass is 302 g/mol. The maximum atomic E-state index is 5.72. The third kappa shape index (κ3) is 4.17. The zero-order valence-corrected chi connectivity index (χ0v) is 14.4. The van der Waals surface area contributed by atoms with E-state index in [1.165, 1.54) is 17.7 Å². The van der Waals surface area contributed by atoms with Gasteiger partial charge in [-0.2, -0.15) is 0 Å². The van der Waals surface area contributed by atoms with E-state index in [4.69, 9.17) is 4.74 Å². The average Bonchev–Trinajstić information content (AvgIpc) is 2.80. The van der Waals surface area contributed by atoms with Gasteiger partial charge in [-0.25, -0.2) is 0 Å². The van der Waals surface area contributed by atoms with E-state index >= 15 is 0 Å². The zero-order valence-electron chi connectivity index (χ0n) is 14.4. The molecule has 1 atom stereocenters. The predicted molar refractivity (Wildman–Crippen MR) is 92.3 cm³/mol. The summed E-state index contributed by atoms with van der Waals surface area (Å²) in [5.74, 6) is 1.26. The number of benzene rings is 1. The number of ether oxygens (including phenoxy) is 1. The summed E-state index contributed by atoms with van der Waals surface area (Å²) in [4.78, 5) is 2.37. The number of nitrogens with zero attached hydrogens (tertiary/aromatic N) is 3. The Hall–Kier alpha value is -1.68. The van der Waals surface area contributed by atoms with E-state index in [-0.39, 0.29) is 6.10 Å². The first-order valence-electron chi connectivity index (χ1n) is 8.11. The number of hydrogen-bond acceptors (Lipinski definition) is 3. The SMILES string of the molecule is CCCN(C)CC1C=N[N+](C)=C1c1ccc(OC(C)C)cc1. The summed E-state index contributed by atoms with van der Waals surface area (Å²) in [6, 6.07) is 8.35. The highest BCUT2D eigenvalue weighted by atomic mass is 16.5. The topological polar surface area (TPSA) is 27.8 Å². The Labute approximate surface area is 134 Å². The molecular weight excluding hydrogens is 274 g/mol. The van der Waals surface area contributed by atoms with Crippen molar-refractivity contribution < 1.29 is 9.42 Å². The molecule has 2 rings (SSSR count). The van der Waals surface area contributed by atoms with Crippen LogP contribution in [0.2, 0.25) is 0 Å². The molecule has 1 heterocycles. The standard InChI is InChI=1S/C18H28N3O/c1-6-11-20(4)13-16-12-19-21(5)18(16)15-7-9-17(10-8-15)22-14(2)3/h7-10,12,14,16H,6,11,13H2,1-5H3/q+1. The lowest BCUT2D eigenvalue weighted by Crippen LogP contribution is -2.32. The molecule has 1 aliphatic heterocycles. The van der Waals surface area contributed by atoms with Crippen LogP contribution in [0, 0.1) is 5.92 Å². The van der Waals surface area contributed by atoms with Gasteiger partial charge >= 0.3 is 0 Å². The molecule has 0 bridgehead atoms. The Kier molecular flexibility index (Phi) is 5.72. The molecule has 1 aromatic carbocycles. The normalized spacial score (nSPS) is 17.9. The lowest BCUT2D eigenvalue weighted by atomic mass is 9.97. The van der Waals surface area contributed by atoms with Gasteiger partial charge in [0.15, 0.2) is 7.05 Å². The van der Waals surface area contributed by atoms with Crippen LogP contribution in [-0.2, 0) is 0 Å². The van der Waals surface area contributed by atoms with E-state index in [0.717, 1.165) is 18.8 Å². The first kappa shape index (κ1) is 16.7. The smallest absolute Gasteiger partial charge is 0.225 e. The van der Waals surface area contributed by atoms with Crippen molar-refractivity contribution in [3.8, 4) is 5.75 Å². The minimum atomic E-state index is 0.200. The van der Waals surface area contributed by atoms with Gasteiger partial charge in [0.1, 0.15) is 11.7 Å². The quantitative estimate of drug-likeness (QED) is 0.724. The van der Waals surface area contributed by atoms with E-state index < -0.39 is 0 Å². The fraction of sp³-hybridized carbons (Fsp3) is 0.556.